The number of carbonyl (C=O) groups excluding carboxylic acids is 1. The minimum atomic E-state index is -0.699. The maximum Gasteiger partial charge on any atom is 0.307 e. The summed E-state index contributed by atoms with van der Waals surface area (Å²) >= 11 is 0. The van der Waals surface area contributed by atoms with Crippen molar-refractivity contribution in [1.82, 2.24) is 9.80 Å². The van der Waals surface area contributed by atoms with Gasteiger partial charge in [-0.1, -0.05) is 60.7 Å². The summed E-state index contributed by atoms with van der Waals surface area (Å²) < 4.78 is 0. The number of hydrogen-bond donors (Lipinski definition) is 1. The molecule has 0 unspecified atom stereocenters. The van der Waals surface area contributed by atoms with Crippen LogP contribution in [0.4, 0.5) is 0 Å². The first-order valence-electron chi connectivity index (χ1n) is 12.4. The molecule has 1 saturated carbocycles. The first-order chi connectivity index (χ1) is 16.1. The average Bonchev–Trinajstić information content (AvgIpc) is 3.61. The molecule has 0 radical (unpaired) electrons. The van der Waals surface area contributed by atoms with Gasteiger partial charge in [0.2, 0.25) is 5.91 Å². The molecule has 0 aromatic heterocycles. The van der Waals surface area contributed by atoms with Crippen LogP contribution in [0.1, 0.15) is 49.7 Å². The molecule has 5 nitrogen and oxygen atoms in total. The van der Waals surface area contributed by atoms with Crippen molar-refractivity contribution in [2.75, 3.05) is 32.7 Å². The summed E-state index contributed by atoms with van der Waals surface area (Å²) in [7, 11) is 0. The number of piperidine rings is 2. The number of carboxylic acids is 1. The van der Waals surface area contributed by atoms with E-state index in [2.05, 4.69) is 34.1 Å². The fourth-order valence-electron chi connectivity index (χ4n) is 6.26. The zero-order valence-electron chi connectivity index (χ0n) is 19.3. The number of carboxylic acid groups (broad SMARTS) is 1. The lowest BCUT2D eigenvalue weighted by Gasteiger charge is -2.45. The Hall–Kier alpha value is -2.66. The van der Waals surface area contributed by atoms with E-state index in [0.717, 1.165) is 69.5 Å². The van der Waals surface area contributed by atoms with Gasteiger partial charge < -0.3 is 14.9 Å². The molecule has 3 fully saturated rings. The molecule has 1 amide bonds. The van der Waals surface area contributed by atoms with Crippen LogP contribution in [0.2, 0.25) is 0 Å². The molecule has 5 rings (SSSR count). The van der Waals surface area contributed by atoms with E-state index in [0.29, 0.717) is 12.3 Å². The molecule has 2 heterocycles. The smallest absolute Gasteiger partial charge is 0.307 e. The quantitative estimate of drug-likeness (QED) is 0.727. The largest absolute Gasteiger partial charge is 0.481 e. The van der Waals surface area contributed by atoms with Gasteiger partial charge in [-0.25, -0.2) is 0 Å². The van der Waals surface area contributed by atoms with Crippen molar-refractivity contribution in [2.24, 2.45) is 5.92 Å². The van der Waals surface area contributed by atoms with Gasteiger partial charge in [0.25, 0.3) is 0 Å². The molecule has 1 aliphatic carbocycles. The van der Waals surface area contributed by atoms with Crippen molar-refractivity contribution in [2.45, 2.75) is 49.4 Å². The van der Waals surface area contributed by atoms with Crippen LogP contribution in [0.3, 0.4) is 0 Å². The molecule has 1 N–H and O–H groups in total. The van der Waals surface area contributed by atoms with Crippen molar-refractivity contribution in [3.8, 4) is 0 Å². The monoisotopic (exact) mass is 446 g/mol. The Labute approximate surface area is 196 Å². The molecule has 5 heteroatoms. The lowest BCUT2D eigenvalue weighted by Crippen LogP contribution is -2.54. The number of carbonyl (C=O) groups is 2. The van der Waals surface area contributed by atoms with Gasteiger partial charge >= 0.3 is 5.97 Å². The number of nitrogens with zero attached hydrogens (tertiary/aromatic N) is 2. The Morgan fingerprint density at radius 2 is 1.39 bits per heavy atom. The summed E-state index contributed by atoms with van der Waals surface area (Å²) in [5.74, 6) is -0.730. The van der Waals surface area contributed by atoms with Crippen LogP contribution < -0.4 is 0 Å². The Morgan fingerprint density at radius 1 is 0.818 bits per heavy atom. The molecule has 2 aliphatic heterocycles. The van der Waals surface area contributed by atoms with Crippen molar-refractivity contribution < 1.29 is 14.7 Å². The zero-order chi connectivity index (χ0) is 22.9. The minimum absolute atomic E-state index is 0.292. The van der Waals surface area contributed by atoms with Gasteiger partial charge in [0.05, 0.1) is 11.3 Å². The molecule has 174 valence electrons. The number of rotatable bonds is 6. The Balaban J connectivity index is 1.36. The molecular formula is C28H34N2O3. The zero-order valence-corrected chi connectivity index (χ0v) is 19.3. The summed E-state index contributed by atoms with van der Waals surface area (Å²) in [5.41, 5.74) is 1.48. The topological polar surface area (TPSA) is 60.9 Å². The highest BCUT2D eigenvalue weighted by atomic mass is 16.4. The van der Waals surface area contributed by atoms with Crippen LogP contribution in [-0.2, 0) is 20.4 Å². The van der Waals surface area contributed by atoms with E-state index < -0.39 is 11.4 Å². The first kappa shape index (κ1) is 22.1. The van der Waals surface area contributed by atoms with Crippen LogP contribution in [0.15, 0.2) is 60.7 Å². The number of aliphatic carboxylic acids is 1. The fourth-order valence-corrected chi connectivity index (χ4v) is 6.26. The molecular weight excluding hydrogens is 412 g/mol. The molecule has 2 saturated heterocycles. The van der Waals surface area contributed by atoms with Crippen molar-refractivity contribution >= 4 is 11.9 Å². The lowest BCUT2D eigenvalue weighted by molar-refractivity contribution is -0.140. The van der Waals surface area contributed by atoms with E-state index in [4.69, 9.17) is 0 Å². The minimum Gasteiger partial charge on any atom is -0.481 e. The second-order valence-electron chi connectivity index (χ2n) is 10.2. The first-order valence-corrected chi connectivity index (χ1v) is 12.4. The molecule has 2 atom stereocenters. The number of likely N-dealkylation sites (tertiary alicyclic amines) is 2. The van der Waals surface area contributed by atoms with Crippen molar-refractivity contribution in [3.63, 3.8) is 0 Å². The predicted octanol–water partition coefficient (Wildman–Crippen LogP) is 4.08. The third kappa shape index (κ3) is 4.08. The fraction of sp³-hybridized carbons (Fsp3) is 0.500. The van der Waals surface area contributed by atoms with Crippen LogP contribution >= 0.6 is 0 Å². The van der Waals surface area contributed by atoms with Crippen LogP contribution in [0.25, 0.3) is 0 Å². The van der Waals surface area contributed by atoms with Gasteiger partial charge in [0.1, 0.15) is 0 Å². The van der Waals surface area contributed by atoms with E-state index in [1.54, 1.807) is 0 Å². The summed E-state index contributed by atoms with van der Waals surface area (Å²) in [6.07, 6.45) is 5.67. The SMILES string of the molecule is O=C(O)[C@@H]1C[C@@]1(CN1CCC(C(=O)N2CCCCC2)(c2ccccc2)CC1)c1ccccc1. The third-order valence-electron chi connectivity index (χ3n) is 8.32. The summed E-state index contributed by atoms with van der Waals surface area (Å²) in [6, 6.07) is 20.5. The van der Waals surface area contributed by atoms with E-state index in [9.17, 15) is 14.7 Å². The van der Waals surface area contributed by atoms with Gasteiger partial charge in [0, 0.05) is 25.0 Å². The number of amides is 1. The van der Waals surface area contributed by atoms with Gasteiger partial charge in [0.15, 0.2) is 0 Å². The van der Waals surface area contributed by atoms with E-state index in [1.807, 2.05) is 36.4 Å². The van der Waals surface area contributed by atoms with Gasteiger partial charge in [-0.2, -0.15) is 0 Å². The Kier molecular flexibility index (Phi) is 6.00. The van der Waals surface area contributed by atoms with E-state index in [1.165, 1.54) is 6.42 Å². The van der Waals surface area contributed by atoms with Crippen LogP contribution in [0, 0.1) is 5.92 Å². The maximum absolute atomic E-state index is 13.9. The Bertz CT molecular complexity index is 979. The third-order valence-corrected chi connectivity index (χ3v) is 8.32. The molecule has 3 aliphatic rings. The standard InChI is InChI=1S/C28H34N2O3/c31-25(32)24-20-28(24,23-12-6-2-7-13-23)21-29-18-14-27(15-19-29,22-10-4-1-5-11-22)26(33)30-16-8-3-9-17-30/h1-2,4-7,10-13,24H,3,8-9,14-21H2,(H,31,32)/t24-,28+/m0/s1. The average molecular weight is 447 g/mol. The maximum atomic E-state index is 13.9. The summed E-state index contributed by atoms with van der Waals surface area (Å²) in [6.45, 7) is 4.12. The molecule has 2 aromatic carbocycles. The predicted molar refractivity (Wildman–Crippen MR) is 128 cm³/mol. The van der Waals surface area contributed by atoms with Gasteiger partial charge in [-0.3, -0.25) is 9.59 Å². The van der Waals surface area contributed by atoms with Crippen LogP contribution in [-0.4, -0.2) is 59.5 Å². The van der Waals surface area contributed by atoms with E-state index in [-0.39, 0.29) is 11.3 Å². The highest BCUT2D eigenvalue weighted by Gasteiger charge is 2.60. The normalized spacial score (nSPS) is 27.2. The molecule has 0 spiro atoms. The highest BCUT2D eigenvalue weighted by molar-refractivity contribution is 5.88. The second kappa shape index (κ2) is 8.94. The van der Waals surface area contributed by atoms with Gasteiger partial charge in [-0.05, 0) is 62.7 Å². The van der Waals surface area contributed by atoms with Crippen molar-refractivity contribution in [3.05, 3.63) is 71.8 Å². The van der Waals surface area contributed by atoms with Crippen molar-refractivity contribution in [1.29, 1.82) is 0 Å². The lowest BCUT2D eigenvalue weighted by atomic mass is 9.71. The Morgan fingerprint density at radius 3 is 1.94 bits per heavy atom. The summed E-state index contributed by atoms with van der Waals surface area (Å²) in [4.78, 5) is 30.2. The molecule has 0 bridgehead atoms. The van der Waals surface area contributed by atoms with E-state index >= 15 is 0 Å². The number of benzene rings is 2. The highest BCUT2D eigenvalue weighted by Crippen LogP contribution is 2.55. The van der Waals surface area contributed by atoms with Gasteiger partial charge in [-0.15, -0.1) is 0 Å². The summed E-state index contributed by atoms with van der Waals surface area (Å²) in [5, 5.41) is 9.76. The molecule has 2 aromatic rings. The number of hydrogen-bond acceptors (Lipinski definition) is 3. The molecule has 33 heavy (non-hydrogen) atoms. The van der Waals surface area contributed by atoms with Crippen LogP contribution in [0.5, 0.6) is 0 Å². The second-order valence-corrected chi connectivity index (χ2v) is 10.2.